The van der Waals surface area contributed by atoms with Crippen molar-refractivity contribution in [3.05, 3.63) is 24.3 Å². The van der Waals surface area contributed by atoms with Crippen molar-refractivity contribution in [1.82, 2.24) is 4.90 Å². The number of benzene rings is 1. The van der Waals surface area contributed by atoms with Gasteiger partial charge in [-0.2, -0.15) is 0 Å². The summed E-state index contributed by atoms with van der Waals surface area (Å²) in [7, 11) is 0. The molecule has 1 atom stereocenters. The molecule has 1 aliphatic rings. The fourth-order valence-corrected chi connectivity index (χ4v) is 2.99. The van der Waals surface area contributed by atoms with E-state index in [1.165, 1.54) is 25.8 Å². The Balaban J connectivity index is 1.82. The zero-order chi connectivity index (χ0) is 14.9. The summed E-state index contributed by atoms with van der Waals surface area (Å²) in [6.07, 6.45) is 4.98. The summed E-state index contributed by atoms with van der Waals surface area (Å²) in [5, 5.41) is 0. The lowest BCUT2D eigenvalue weighted by atomic mass is 9.99. The standard InChI is InChI=1S/C17H28N2O2/c1-2-20-16-8-3-4-9-17(16)21-14-13-19-12-6-5-7-15(19)10-11-18/h3-4,8-9,15H,2,5-7,10-14,18H2,1H3. The first kappa shape index (κ1) is 16.1. The van der Waals surface area contributed by atoms with E-state index in [9.17, 15) is 0 Å². The van der Waals surface area contributed by atoms with Crippen LogP contribution in [0.25, 0.3) is 0 Å². The van der Waals surface area contributed by atoms with E-state index in [0.717, 1.165) is 31.0 Å². The lowest BCUT2D eigenvalue weighted by molar-refractivity contribution is 0.117. The fraction of sp³-hybridized carbons (Fsp3) is 0.647. The molecule has 1 aliphatic heterocycles. The lowest BCUT2D eigenvalue weighted by Crippen LogP contribution is -2.42. The molecule has 1 aromatic carbocycles. The molecule has 2 N–H and O–H groups in total. The monoisotopic (exact) mass is 292 g/mol. The number of ether oxygens (including phenoxy) is 2. The summed E-state index contributed by atoms with van der Waals surface area (Å²) in [6, 6.07) is 8.51. The summed E-state index contributed by atoms with van der Waals surface area (Å²) in [6.45, 7) is 6.25. The van der Waals surface area contributed by atoms with Gasteiger partial charge in [0.15, 0.2) is 11.5 Å². The fourth-order valence-electron chi connectivity index (χ4n) is 2.99. The minimum absolute atomic E-state index is 0.634. The van der Waals surface area contributed by atoms with Crippen molar-refractivity contribution in [2.45, 2.75) is 38.6 Å². The maximum Gasteiger partial charge on any atom is 0.161 e. The summed E-state index contributed by atoms with van der Waals surface area (Å²) >= 11 is 0. The number of rotatable bonds is 8. The van der Waals surface area contributed by atoms with Gasteiger partial charge in [-0.05, 0) is 51.4 Å². The van der Waals surface area contributed by atoms with Gasteiger partial charge in [0.2, 0.25) is 0 Å². The quantitative estimate of drug-likeness (QED) is 0.800. The Morgan fingerprint density at radius 3 is 2.67 bits per heavy atom. The van der Waals surface area contributed by atoms with Gasteiger partial charge in [-0.1, -0.05) is 18.6 Å². The Bertz CT molecular complexity index is 410. The zero-order valence-corrected chi connectivity index (χ0v) is 13.1. The van der Waals surface area contributed by atoms with Gasteiger partial charge in [0.25, 0.3) is 0 Å². The Labute approximate surface area is 128 Å². The predicted octanol–water partition coefficient (Wildman–Crippen LogP) is 2.67. The number of piperidine rings is 1. The molecule has 21 heavy (non-hydrogen) atoms. The molecule has 0 aromatic heterocycles. The van der Waals surface area contributed by atoms with E-state index in [4.69, 9.17) is 15.2 Å². The largest absolute Gasteiger partial charge is 0.490 e. The van der Waals surface area contributed by atoms with E-state index in [-0.39, 0.29) is 0 Å². The molecule has 1 aromatic rings. The second kappa shape index (κ2) is 8.90. The molecule has 4 nitrogen and oxygen atoms in total. The van der Waals surface area contributed by atoms with Gasteiger partial charge in [0, 0.05) is 12.6 Å². The van der Waals surface area contributed by atoms with E-state index in [1.54, 1.807) is 0 Å². The average Bonchev–Trinajstić information content (AvgIpc) is 2.51. The average molecular weight is 292 g/mol. The number of nitrogens with zero attached hydrogens (tertiary/aromatic N) is 1. The van der Waals surface area contributed by atoms with Crippen LogP contribution in [0.3, 0.4) is 0 Å². The van der Waals surface area contributed by atoms with Gasteiger partial charge in [0.1, 0.15) is 6.61 Å². The van der Waals surface area contributed by atoms with E-state index in [0.29, 0.717) is 19.3 Å². The third-order valence-corrected chi connectivity index (χ3v) is 4.03. The van der Waals surface area contributed by atoms with E-state index >= 15 is 0 Å². The molecule has 0 spiro atoms. The van der Waals surface area contributed by atoms with E-state index in [2.05, 4.69) is 4.90 Å². The molecule has 118 valence electrons. The zero-order valence-electron chi connectivity index (χ0n) is 13.1. The molecule has 0 saturated carbocycles. The minimum atomic E-state index is 0.634. The Hall–Kier alpha value is -1.26. The first-order valence-corrected chi connectivity index (χ1v) is 8.14. The van der Waals surface area contributed by atoms with Gasteiger partial charge in [0.05, 0.1) is 6.61 Å². The summed E-state index contributed by atoms with van der Waals surface area (Å²) < 4.78 is 11.5. The molecule has 2 rings (SSSR count). The van der Waals surface area contributed by atoms with Gasteiger partial charge in [-0.15, -0.1) is 0 Å². The van der Waals surface area contributed by atoms with Gasteiger partial charge < -0.3 is 15.2 Å². The van der Waals surface area contributed by atoms with Gasteiger partial charge in [-0.3, -0.25) is 4.90 Å². The highest BCUT2D eigenvalue weighted by Gasteiger charge is 2.21. The van der Waals surface area contributed by atoms with Gasteiger partial charge >= 0.3 is 0 Å². The predicted molar refractivity (Wildman–Crippen MR) is 86.0 cm³/mol. The molecular weight excluding hydrogens is 264 g/mol. The third kappa shape index (κ3) is 4.90. The summed E-state index contributed by atoms with van der Waals surface area (Å²) in [4.78, 5) is 2.53. The van der Waals surface area contributed by atoms with Crippen LogP contribution in [0.5, 0.6) is 11.5 Å². The minimum Gasteiger partial charge on any atom is -0.490 e. The van der Waals surface area contributed by atoms with Crippen LogP contribution in [0.1, 0.15) is 32.6 Å². The molecule has 1 fully saturated rings. The van der Waals surface area contributed by atoms with Crippen molar-refractivity contribution in [1.29, 1.82) is 0 Å². The molecular formula is C17H28N2O2. The Morgan fingerprint density at radius 1 is 1.19 bits per heavy atom. The highest BCUT2D eigenvalue weighted by Crippen LogP contribution is 2.26. The topological polar surface area (TPSA) is 47.7 Å². The maximum atomic E-state index is 5.92. The number of likely N-dealkylation sites (tertiary alicyclic amines) is 1. The van der Waals surface area contributed by atoms with Crippen LogP contribution in [-0.2, 0) is 0 Å². The second-order valence-electron chi connectivity index (χ2n) is 5.49. The first-order valence-electron chi connectivity index (χ1n) is 8.14. The molecule has 1 saturated heterocycles. The highest BCUT2D eigenvalue weighted by molar-refractivity contribution is 5.39. The molecule has 0 amide bonds. The number of hydrogen-bond acceptors (Lipinski definition) is 4. The molecule has 0 radical (unpaired) electrons. The molecule has 0 aliphatic carbocycles. The second-order valence-corrected chi connectivity index (χ2v) is 5.49. The van der Waals surface area contributed by atoms with Crippen molar-refractivity contribution in [3.8, 4) is 11.5 Å². The van der Waals surface area contributed by atoms with Crippen LogP contribution in [0.4, 0.5) is 0 Å². The van der Waals surface area contributed by atoms with Crippen LogP contribution in [0.2, 0.25) is 0 Å². The van der Waals surface area contributed by atoms with Gasteiger partial charge in [-0.25, -0.2) is 0 Å². The van der Waals surface area contributed by atoms with Crippen molar-refractivity contribution >= 4 is 0 Å². The van der Waals surface area contributed by atoms with Crippen molar-refractivity contribution in [3.63, 3.8) is 0 Å². The van der Waals surface area contributed by atoms with Crippen LogP contribution < -0.4 is 15.2 Å². The Kier molecular flexibility index (Phi) is 6.83. The molecule has 1 heterocycles. The summed E-state index contributed by atoms with van der Waals surface area (Å²) in [5.41, 5.74) is 5.72. The van der Waals surface area contributed by atoms with Crippen LogP contribution in [-0.4, -0.2) is 43.8 Å². The normalized spacial score (nSPS) is 19.4. The van der Waals surface area contributed by atoms with Crippen molar-refractivity contribution in [2.24, 2.45) is 5.73 Å². The number of hydrogen-bond donors (Lipinski definition) is 1. The van der Waals surface area contributed by atoms with Crippen LogP contribution >= 0.6 is 0 Å². The van der Waals surface area contributed by atoms with Crippen molar-refractivity contribution < 1.29 is 9.47 Å². The van der Waals surface area contributed by atoms with Crippen LogP contribution in [0.15, 0.2) is 24.3 Å². The lowest BCUT2D eigenvalue weighted by Gasteiger charge is -2.35. The van der Waals surface area contributed by atoms with Crippen LogP contribution in [0, 0.1) is 0 Å². The highest BCUT2D eigenvalue weighted by atomic mass is 16.5. The Morgan fingerprint density at radius 2 is 1.95 bits per heavy atom. The van der Waals surface area contributed by atoms with E-state index < -0.39 is 0 Å². The third-order valence-electron chi connectivity index (χ3n) is 4.03. The maximum absolute atomic E-state index is 5.92. The number of para-hydroxylation sites is 2. The smallest absolute Gasteiger partial charge is 0.161 e. The van der Waals surface area contributed by atoms with E-state index in [1.807, 2.05) is 31.2 Å². The first-order chi connectivity index (χ1) is 10.3. The SMILES string of the molecule is CCOc1ccccc1OCCN1CCCCC1CCN. The summed E-state index contributed by atoms with van der Waals surface area (Å²) in [5.74, 6) is 1.67. The molecule has 1 unspecified atom stereocenters. The molecule has 4 heteroatoms. The van der Waals surface area contributed by atoms with Crippen molar-refractivity contribution in [2.75, 3.05) is 32.8 Å². The molecule has 0 bridgehead atoms. The number of nitrogens with two attached hydrogens (primary N) is 1.